The van der Waals surface area contributed by atoms with Gasteiger partial charge in [-0.05, 0) is 122 Å². The first-order chi connectivity index (χ1) is 36.8. The van der Waals surface area contributed by atoms with Gasteiger partial charge >= 0.3 is 0 Å². The van der Waals surface area contributed by atoms with Crippen molar-refractivity contribution in [2.75, 3.05) is 13.4 Å². The molecule has 4 aliphatic carbocycles. The highest BCUT2D eigenvalue weighted by Gasteiger charge is 2.56. The van der Waals surface area contributed by atoms with Gasteiger partial charge in [0.05, 0.1) is 18.7 Å². The van der Waals surface area contributed by atoms with E-state index in [4.69, 9.17) is 27.0 Å². The Bertz CT molecular complexity index is 2540. The Labute approximate surface area is 477 Å². The lowest BCUT2D eigenvalue weighted by Gasteiger charge is -2.44. The molecule has 1 heterocycles. The lowest BCUT2D eigenvalue weighted by atomic mass is 9.60. The summed E-state index contributed by atoms with van der Waals surface area (Å²) in [6.45, 7) is 34.0. The molecule has 0 amide bonds. The number of ketones is 4. The summed E-state index contributed by atoms with van der Waals surface area (Å²) in [6.07, 6.45) is 17.1. The summed E-state index contributed by atoms with van der Waals surface area (Å²) in [5.41, 5.74) is 9.61. The number of Topliss-reactive ketones (excluding diaryl/α,β-unsaturated/α-hetero) is 4. The quantitative estimate of drug-likeness (QED) is 0.0868. The second-order valence-electron chi connectivity index (χ2n) is 29.2. The van der Waals surface area contributed by atoms with Gasteiger partial charge in [0.15, 0.2) is 0 Å². The van der Waals surface area contributed by atoms with Crippen molar-refractivity contribution in [2.24, 2.45) is 48.8 Å². The summed E-state index contributed by atoms with van der Waals surface area (Å²) in [7, 11) is 0. The molecule has 5 aliphatic rings. The van der Waals surface area contributed by atoms with E-state index in [-0.39, 0.29) is 61.2 Å². The zero-order valence-electron chi connectivity index (χ0n) is 50.9. The van der Waals surface area contributed by atoms with Crippen LogP contribution in [-0.4, -0.2) is 64.6 Å². The predicted octanol–water partition coefficient (Wildman–Crippen LogP) is 15.7. The van der Waals surface area contributed by atoms with Crippen molar-refractivity contribution < 1.29 is 33.9 Å². The van der Waals surface area contributed by atoms with Gasteiger partial charge in [-0.1, -0.05) is 172 Å². The average Bonchev–Trinajstić information content (AvgIpc) is 3.86. The molecule has 434 valence electrons. The van der Waals surface area contributed by atoms with Crippen molar-refractivity contribution in [1.82, 2.24) is 0 Å². The van der Waals surface area contributed by atoms with Gasteiger partial charge in [0, 0.05) is 74.2 Å². The molecule has 1 saturated heterocycles. The number of aryl methyl sites for hydroxylation is 3. The molecule has 1 aliphatic heterocycles. The SMILES string of the molecule is CC1(C)C/C(=N\O)CC(C)(C(=O)CCCc2ccccc2)C1.CC1(C)CC(=O)CC(C)(C(=O)CCCc2ccccc2)C1.CC1(C)CC(N)CC(C)(C(=O)CCCc2ccccc2)C1.[C-]#[N+]C1(C)CC(C)(C)CC2(COCO2)C1. The van der Waals surface area contributed by atoms with Gasteiger partial charge in [0.1, 0.15) is 35.5 Å². The Kier molecular flexibility index (Phi) is 22.5. The smallest absolute Gasteiger partial charge is 0.233 e. The van der Waals surface area contributed by atoms with Crippen molar-refractivity contribution >= 4 is 28.8 Å². The molecule has 3 aromatic carbocycles. The monoisotopic (exact) mass is 1080 g/mol. The van der Waals surface area contributed by atoms with Gasteiger partial charge in [0.2, 0.25) is 5.54 Å². The first-order valence-electron chi connectivity index (χ1n) is 29.6. The molecular formula is C69H101N3O7. The maximum atomic E-state index is 12.7. The van der Waals surface area contributed by atoms with Gasteiger partial charge in [-0.3, -0.25) is 19.2 Å². The first-order valence-corrected chi connectivity index (χ1v) is 29.6. The molecule has 8 rings (SSSR count). The number of carbonyl (C=O) groups is 4. The zero-order chi connectivity index (χ0) is 58.4. The Hall–Kier alpha value is -4.82. The predicted molar refractivity (Wildman–Crippen MR) is 320 cm³/mol. The van der Waals surface area contributed by atoms with Crippen LogP contribution in [0.4, 0.5) is 0 Å². The van der Waals surface area contributed by atoms with Crippen LogP contribution >= 0.6 is 0 Å². The minimum Gasteiger partial charge on any atom is -0.411 e. The number of rotatable bonds is 15. The lowest BCUT2D eigenvalue weighted by Crippen LogP contribution is -2.50. The van der Waals surface area contributed by atoms with Gasteiger partial charge in [-0.15, -0.1) is 0 Å². The third-order valence-corrected chi connectivity index (χ3v) is 17.4. The summed E-state index contributed by atoms with van der Waals surface area (Å²) >= 11 is 0. The number of hydrogen-bond acceptors (Lipinski definition) is 9. The molecule has 6 unspecified atom stereocenters. The van der Waals surface area contributed by atoms with E-state index in [1.54, 1.807) is 0 Å². The molecule has 0 aromatic heterocycles. The molecule has 0 radical (unpaired) electrons. The number of carbonyl (C=O) groups excluding carboxylic acids is 4. The highest BCUT2D eigenvalue weighted by atomic mass is 16.7. The summed E-state index contributed by atoms with van der Waals surface area (Å²) < 4.78 is 11.1. The lowest BCUT2D eigenvalue weighted by molar-refractivity contribution is -0.140. The summed E-state index contributed by atoms with van der Waals surface area (Å²) in [6, 6.07) is 31.1. The average molecular weight is 1080 g/mol. The number of oxime groups is 1. The Morgan fingerprint density at radius 2 is 0.987 bits per heavy atom. The maximum absolute atomic E-state index is 12.7. The molecule has 79 heavy (non-hydrogen) atoms. The third kappa shape index (κ3) is 20.3. The van der Waals surface area contributed by atoms with E-state index in [1.165, 1.54) is 16.7 Å². The second kappa shape index (κ2) is 27.3. The standard InChI is InChI=1S/C19H27NO2.C19H29NO.C19H26O2.C12H19NO2/c1-18(2)12-16(20-22)13-19(3,14-18)17(21)11-7-10-15-8-5-4-6-9-15;2*1-18(2)12-16(20)13-19(3,14-18)17(21)11-7-10-15-8-5-4-6-9-15;1-10(2)5-11(3,13-4)7-12(6-10)8-14-9-15-12/h4-6,8-9,22H,7,10-14H2,1-3H3;4-6,8-9,16H,7,10-14,20H2,1-3H3;4-6,8-9H,7,10-14H2,1-3H3;5-9H2,1-3H3/b20-16+;;;. The number of ether oxygens (including phenoxy) is 2. The maximum Gasteiger partial charge on any atom is 0.233 e. The Morgan fingerprint density at radius 1 is 0.557 bits per heavy atom. The summed E-state index contributed by atoms with van der Waals surface area (Å²) in [5.74, 6) is 1.21. The molecule has 5 fully saturated rings. The van der Waals surface area contributed by atoms with E-state index in [9.17, 15) is 19.2 Å². The van der Waals surface area contributed by atoms with E-state index < -0.39 is 5.41 Å². The van der Waals surface area contributed by atoms with Crippen LogP contribution in [0.1, 0.15) is 215 Å². The van der Waals surface area contributed by atoms with Crippen molar-refractivity contribution in [3.05, 3.63) is 119 Å². The van der Waals surface area contributed by atoms with E-state index >= 15 is 0 Å². The number of nitrogens with two attached hydrogens (primary N) is 1. The number of benzene rings is 3. The van der Waals surface area contributed by atoms with Crippen LogP contribution < -0.4 is 5.73 Å². The van der Waals surface area contributed by atoms with Crippen LogP contribution in [0.2, 0.25) is 0 Å². The molecule has 6 atom stereocenters. The summed E-state index contributed by atoms with van der Waals surface area (Å²) in [5, 5.41) is 12.6. The zero-order valence-corrected chi connectivity index (χ0v) is 50.9. The molecule has 10 nitrogen and oxygen atoms in total. The highest BCUT2D eigenvalue weighted by Crippen LogP contribution is 2.51. The van der Waals surface area contributed by atoms with E-state index in [0.717, 1.165) is 102 Å². The normalized spacial score (nSPS) is 29.7. The van der Waals surface area contributed by atoms with Crippen LogP contribution in [0.5, 0.6) is 0 Å². The third-order valence-electron chi connectivity index (χ3n) is 17.4. The van der Waals surface area contributed by atoms with Gasteiger partial charge in [0.25, 0.3) is 0 Å². The largest absolute Gasteiger partial charge is 0.411 e. The molecule has 1 spiro atoms. The van der Waals surface area contributed by atoms with Crippen molar-refractivity contribution in [3.8, 4) is 0 Å². The fraction of sp³-hybridized carbons (Fsp3) is 0.652. The minimum atomic E-state index is -0.449. The van der Waals surface area contributed by atoms with Crippen molar-refractivity contribution in [2.45, 2.75) is 235 Å². The van der Waals surface area contributed by atoms with Crippen LogP contribution in [0.25, 0.3) is 4.85 Å². The number of hydrogen-bond donors (Lipinski definition) is 2. The van der Waals surface area contributed by atoms with Crippen LogP contribution in [0, 0.1) is 44.5 Å². The minimum absolute atomic E-state index is 0.0175. The molecular weight excluding hydrogens is 983 g/mol. The molecule has 3 aromatic rings. The van der Waals surface area contributed by atoms with Crippen molar-refractivity contribution in [3.63, 3.8) is 0 Å². The molecule has 0 bridgehead atoms. The second-order valence-corrected chi connectivity index (χ2v) is 29.2. The van der Waals surface area contributed by atoms with Crippen molar-refractivity contribution in [1.29, 1.82) is 0 Å². The van der Waals surface area contributed by atoms with Crippen LogP contribution in [0.3, 0.4) is 0 Å². The van der Waals surface area contributed by atoms with Gasteiger partial charge in [-0.2, -0.15) is 0 Å². The number of nitrogens with zero attached hydrogens (tertiary/aromatic N) is 2. The van der Waals surface area contributed by atoms with Gasteiger partial charge in [-0.25, -0.2) is 6.57 Å². The molecule has 4 saturated carbocycles. The topological polar surface area (TPSA) is 150 Å². The van der Waals surface area contributed by atoms with E-state index in [2.05, 4.69) is 121 Å². The highest BCUT2D eigenvalue weighted by molar-refractivity contribution is 5.94. The Balaban J connectivity index is 0.000000195. The van der Waals surface area contributed by atoms with Gasteiger partial charge < -0.3 is 25.3 Å². The van der Waals surface area contributed by atoms with Crippen LogP contribution in [-0.2, 0) is 47.9 Å². The molecule has 3 N–H and O–H groups in total. The fourth-order valence-electron chi connectivity index (χ4n) is 15.4. The molecule has 10 heteroatoms. The first kappa shape index (κ1) is 65.0. The van der Waals surface area contributed by atoms with Crippen LogP contribution in [0.15, 0.2) is 96.2 Å². The fourth-order valence-corrected chi connectivity index (χ4v) is 15.4. The Morgan fingerprint density at radius 3 is 1.39 bits per heavy atom. The summed E-state index contributed by atoms with van der Waals surface area (Å²) in [4.78, 5) is 53.8. The van der Waals surface area contributed by atoms with E-state index in [1.807, 2.05) is 63.2 Å². The van der Waals surface area contributed by atoms with E-state index in [0.29, 0.717) is 63.5 Å².